The summed E-state index contributed by atoms with van der Waals surface area (Å²) in [5.74, 6) is 0. The van der Waals surface area contributed by atoms with Gasteiger partial charge in [-0.3, -0.25) is 0 Å². The summed E-state index contributed by atoms with van der Waals surface area (Å²) in [6, 6.07) is 2.13. The molecule has 0 aliphatic rings. The third-order valence-corrected chi connectivity index (χ3v) is 3.66. The molecule has 2 rings (SSSR count). The highest BCUT2D eigenvalue weighted by atomic mass is 32.2. The van der Waals surface area contributed by atoms with Gasteiger partial charge in [0.1, 0.15) is 11.3 Å². The summed E-state index contributed by atoms with van der Waals surface area (Å²) in [4.78, 5) is 8.74. The van der Waals surface area contributed by atoms with E-state index in [0.29, 0.717) is 11.8 Å². The van der Waals surface area contributed by atoms with Gasteiger partial charge < -0.3 is 14.5 Å². The van der Waals surface area contributed by atoms with E-state index in [0.717, 1.165) is 34.9 Å². The highest BCUT2D eigenvalue weighted by Crippen LogP contribution is 2.27. The molecule has 2 aromatic heterocycles. The second-order valence-corrected chi connectivity index (χ2v) is 5.43. The van der Waals surface area contributed by atoms with Crippen molar-refractivity contribution in [2.45, 2.75) is 30.6 Å². The average Bonchev–Trinajstić information content (AvgIpc) is 2.83. The van der Waals surface area contributed by atoms with Gasteiger partial charge in [0.25, 0.3) is 5.22 Å². The summed E-state index contributed by atoms with van der Waals surface area (Å²) in [6.45, 7) is 6.29. The molecule has 6 heteroatoms. The molecule has 5 nitrogen and oxygen atoms in total. The van der Waals surface area contributed by atoms with Crippen molar-refractivity contribution >= 4 is 11.8 Å². The van der Waals surface area contributed by atoms with Crippen molar-refractivity contribution < 1.29 is 9.15 Å². The number of aromatic nitrogens is 2. The molecule has 0 bridgehead atoms. The molecule has 0 radical (unpaired) electrons. The molecule has 108 valence electrons. The Hall–Kier alpha value is -1.37. The van der Waals surface area contributed by atoms with E-state index < -0.39 is 0 Å². The zero-order chi connectivity index (χ0) is 14.4. The van der Waals surface area contributed by atoms with Crippen molar-refractivity contribution in [2.75, 3.05) is 20.3 Å². The van der Waals surface area contributed by atoms with E-state index >= 15 is 0 Å². The lowest BCUT2D eigenvalue weighted by molar-refractivity contribution is 0.199. The fraction of sp³-hybridized carbons (Fsp3) is 0.429. The van der Waals surface area contributed by atoms with Crippen LogP contribution in [0.5, 0.6) is 0 Å². The van der Waals surface area contributed by atoms with Gasteiger partial charge in [-0.1, -0.05) is 6.07 Å². The fourth-order valence-electron chi connectivity index (χ4n) is 1.69. The summed E-state index contributed by atoms with van der Waals surface area (Å²) >= 11 is 1.45. The molecule has 0 aliphatic carbocycles. The minimum Gasteiger partial charge on any atom is -0.439 e. The highest BCUT2D eigenvalue weighted by molar-refractivity contribution is 7.99. The molecule has 0 amide bonds. The number of oxazole rings is 1. The molecule has 0 aliphatic heterocycles. The normalized spacial score (nSPS) is 10.9. The van der Waals surface area contributed by atoms with Gasteiger partial charge in [-0.15, -0.1) is 0 Å². The molecule has 0 saturated heterocycles. The molecule has 1 N–H and O–H groups in total. The van der Waals surface area contributed by atoms with Crippen molar-refractivity contribution in [3.63, 3.8) is 0 Å². The Labute approximate surface area is 123 Å². The van der Waals surface area contributed by atoms with Gasteiger partial charge >= 0.3 is 0 Å². The number of hydrogen-bond acceptors (Lipinski definition) is 6. The molecule has 2 aromatic rings. The molecule has 20 heavy (non-hydrogen) atoms. The first-order valence-corrected chi connectivity index (χ1v) is 7.26. The molecule has 0 unspecified atom stereocenters. The molecular formula is C14H19N3O2S. The van der Waals surface area contributed by atoms with E-state index in [9.17, 15) is 0 Å². The molecule has 0 saturated carbocycles. The molecule has 0 spiro atoms. The molecule has 2 heterocycles. The van der Waals surface area contributed by atoms with Gasteiger partial charge in [0.15, 0.2) is 0 Å². The SMILES string of the molecule is COCCNCc1cnc(Sc2nc(C)co2)c(C)c1. The Balaban J connectivity index is 1.95. The average molecular weight is 293 g/mol. The third kappa shape index (κ3) is 4.33. The quantitative estimate of drug-likeness (QED) is 0.792. The molecular weight excluding hydrogens is 274 g/mol. The second kappa shape index (κ2) is 7.42. The predicted molar refractivity (Wildman–Crippen MR) is 77.9 cm³/mol. The lowest BCUT2D eigenvalue weighted by atomic mass is 10.2. The number of rotatable bonds is 7. The van der Waals surface area contributed by atoms with Crippen LogP contribution in [0.3, 0.4) is 0 Å². The molecule has 0 aromatic carbocycles. The van der Waals surface area contributed by atoms with Crippen molar-refractivity contribution in [1.29, 1.82) is 0 Å². The predicted octanol–water partition coefficient (Wildman–Crippen LogP) is 2.57. The number of pyridine rings is 1. The minimum absolute atomic E-state index is 0.629. The minimum atomic E-state index is 0.629. The number of ether oxygens (including phenoxy) is 1. The summed E-state index contributed by atoms with van der Waals surface area (Å²) in [5, 5.41) is 4.85. The number of nitrogens with zero attached hydrogens (tertiary/aromatic N) is 2. The zero-order valence-electron chi connectivity index (χ0n) is 12.0. The largest absolute Gasteiger partial charge is 0.439 e. The summed E-state index contributed by atoms with van der Waals surface area (Å²) in [6.07, 6.45) is 3.52. The lowest BCUT2D eigenvalue weighted by Crippen LogP contribution is -2.18. The maximum atomic E-state index is 5.33. The maximum Gasteiger partial charge on any atom is 0.262 e. The monoisotopic (exact) mass is 293 g/mol. The van der Waals surface area contributed by atoms with Gasteiger partial charge in [0.05, 0.1) is 12.3 Å². The van der Waals surface area contributed by atoms with Crippen molar-refractivity contribution in [1.82, 2.24) is 15.3 Å². The van der Waals surface area contributed by atoms with E-state index in [1.807, 2.05) is 20.0 Å². The van der Waals surface area contributed by atoms with Crippen LogP contribution in [0.1, 0.15) is 16.8 Å². The summed E-state index contributed by atoms with van der Waals surface area (Å²) in [5.41, 5.74) is 3.16. The number of nitrogens with one attached hydrogen (secondary N) is 1. The van der Waals surface area contributed by atoms with Crippen LogP contribution in [0.2, 0.25) is 0 Å². The molecule has 0 fully saturated rings. The summed E-state index contributed by atoms with van der Waals surface area (Å²) in [7, 11) is 1.70. The van der Waals surface area contributed by atoms with Crippen LogP contribution in [-0.2, 0) is 11.3 Å². The second-order valence-electron chi connectivity index (χ2n) is 4.49. The van der Waals surface area contributed by atoms with Gasteiger partial charge in [0.2, 0.25) is 0 Å². The lowest BCUT2D eigenvalue weighted by Gasteiger charge is -2.07. The summed E-state index contributed by atoms with van der Waals surface area (Å²) < 4.78 is 10.3. The standard InChI is InChI=1S/C14H19N3O2S/c1-10-6-12(7-15-4-5-18-3)8-16-13(10)20-14-17-11(2)9-19-14/h6,8-9,15H,4-5,7H2,1-3H3. The first-order valence-electron chi connectivity index (χ1n) is 6.44. The Morgan fingerprint density at radius 1 is 1.40 bits per heavy atom. The Kier molecular flexibility index (Phi) is 5.58. The third-order valence-electron chi connectivity index (χ3n) is 2.68. The van der Waals surface area contributed by atoms with E-state index in [1.54, 1.807) is 13.4 Å². The van der Waals surface area contributed by atoms with E-state index in [4.69, 9.17) is 9.15 Å². The number of methoxy groups -OCH3 is 1. The van der Waals surface area contributed by atoms with E-state index in [1.165, 1.54) is 11.8 Å². The Morgan fingerprint density at radius 3 is 2.90 bits per heavy atom. The van der Waals surface area contributed by atoms with Crippen LogP contribution in [-0.4, -0.2) is 30.2 Å². The van der Waals surface area contributed by atoms with E-state index in [-0.39, 0.29) is 0 Å². The zero-order valence-corrected chi connectivity index (χ0v) is 12.8. The van der Waals surface area contributed by atoms with Crippen LogP contribution >= 0.6 is 11.8 Å². The van der Waals surface area contributed by atoms with Gasteiger partial charge in [-0.05, 0) is 36.7 Å². The molecule has 0 atom stereocenters. The maximum absolute atomic E-state index is 5.33. The van der Waals surface area contributed by atoms with Gasteiger partial charge in [-0.25, -0.2) is 9.97 Å². The van der Waals surface area contributed by atoms with Crippen molar-refractivity contribution in [3.05, 3.63) is 35.3 Å². The van der Waals surface area contributed by atoms with Crippen molar-refractivity contribution in [2.24, 2.45) is 0 Å². The first-order chi connectivity index (χ1) is 9.69. The van der Waals surface area contributed by atoms with Crippen LogP contribution in [0.4, 0.5) is 0 Å². The topological polar surface area (TPSA) is 60.2 Å². The highest BCUT2D eigenvalue weighted by Gasteiger charge is 2.08. The van der Waals surface area contributed by atoms with Crippen LogP contribution in [0.25, 0.3) is 0 Å². The fourth-order valence-corrected chi connectivity index (χ4v) is 2.47. The Morgan fingerprint density at radius 2 is 2.25 bits per heavy atom. The van der Waals surface area contributed by atoms with Crippen LogP contribution in [0, 0.1) is 13.8 Å². The van der Waals surface area contributed by atoms with Gasteiger partial charge in [0, 0.05) is 26.4 Å². The number of hydrogen-bond donors (Lipinski definition) is 1. The first kappa shape index (κ1) is 15.0. The van der Waals surface area contributed by atoms with E-state index in [2.05, 4.69) is 21.4 Å². The smallest absolute Gasteiger partial charge is 0.262 e. The van der Waals surface area contributed by atoms with Crippen LogP contribution in [0.15, 0.2) is 33.2 Å². The van der Waals surface area contributed by atoms with Crippen LogP contribution < -0.4 is 5.32 Å². The van der Waals surface area contributed by atoms with Gasteiger partial charge in [-0.2, -0.15) is 0 Å². The Bertz CT molecular complexity index is 557. The number of aryl methyl sites for hydroxylation is 2. The van der Waals surface area contributed by atoms with Crippen molar-refractivity contribution in [3.8, 4) is 0 Å².